The molecular weight excluding hydrogens is 240 g/mol. The van der Waals surface area contributed by atoms with Crippen LogP contribution in [0.4, 0.5) is 0 Å². The molecule has 0 heterocycles. The molecule has 0 saturated carbocycles. The summed E-state index contributed by atoms with van der Waals surface area (Å²) in [6, 6.07) is 5.98. The van der Waals surface area contributed by atoms with E-state index in [1.54, 1.807) is 19.1 Å². The second-order valence-corrected chi connectivity index (χ2v) is 5.34. The number of benzene rings is 1. The largest absolute Gasteiger partial charge is 0.496 e. The minimum Gasteiger partial charge on any atom is -0.496 e. The van der Waals surface area contributed by atoms with Crippen LogP contribution in [0.25, 0.3) is 0 Å². The topological polar surface area (TPSA) is 41.6 Å². The van der Waals surface area contributed by atoms with Gasteiger partial charge in [0.05, 0.1) is 12.6 Å². The number of nitrogens with zero attached hydrogens (tertiary/aromatic N) is 1. The number of carbonyl (C=O) groups excluding carboxylic acids is 1. The zero-order chi connectivity index (χ0) is 14.6. The Labute approximate surface area is 115 Å². The van der Waals surface area contributed by atoms with Crippen LogP contribution in [-0.4, -0.2) is 37.6 Å². The Hall–Kier alpha value is -1.55. The summed E-state index contributed by atoms with van der Waals surface area (Å²) in [6.45, 7) is 6.35. The molecule has 0 aliphatic heterocycles. The number of aryl methyl sites for hydroxylation is 1. The summed E-state index contributed by atoms with van der Waals surface area (Å²) < 4.78 is 5.23. The lowest BCUT2D eigenvalue weighted by atomic mass is 10.0. The normalized spacial score (nSPS) is 11.3. The Balaban J connectivity index is 2.80. The smallest absolute Gasteiger partial charge is 0.242 e. The molecule has 4 nitrogen and oxygen atoms in total. The van der Waals surface area contributed by atoms with Crippen LogP contribution in [0.5, 0.6) is 5.75 Å². The maximum Gasteiger partial charge on any atom is 0.242 e. The Kier molecular flexibility index (Phi) is 4.95. The summed E-state index contributed by atoms with van der Waals surface area (Å²) in [5.41, 5.74) is 1.63. The monoisotopic (exact) mass is 264 g/mol. The predicted octanol–water partition coefficient (Wildman–Crippen LogP) is 1.96. The highest BCUT2D eigenvalue weighted by Gasteiger charge is 2.28. The summed E-state index contributed by atoms with van der Waals surface area (Å²) >= 11 is 0. The maximum absolute atomic E-state index is 12.2. The molecule has 0 aromatic heterocycles. The van der Waals surface area contributed by atoms with Crippen LogP contribution in [-0.2, 0) is 11.3 Å². The van der Waals surface area contributed by atoms with Gasteiger partial charge in [0.15, 0.2) is 0 Å². The molecule has 19 heavy (non-hydrogen) atoms. The SMILES string of the molecule is CNC(C)(C)C(=O)N(C)Cc1ccc(OC)c(C)c1. The molecule has 0 unspecified atom stereocenters. The first-order valence-electron chi connectivity index (χ1n) is 6.40. The number of hydrogen-bond donors (Lipinski definition) is 1. The van der Waals surface area contributed by atoms with Crippen molar-refractivity contribution in [3.63, 3.8) is 0 Å². The van der Waals surface area contributed by atoms with Crippen molar-refractivity contribution in [2.24, 2.45) is 0 Å². The van der Waals surface area contributed by atoms with E-state index in [-0.39, 0.29) is 5.91 Å². The number of methoxy groups -OCH3 is 1. The van der Waals surface area contributed by atoms with E-state index in [0.29, 0.717) is 6.54 Å². The van der Waals surface area contributed by atoms with Gasteiger partial charge in [-0.3, -0.25) is 4.79 Å². The Morgan fingerprint density at radius 1 is 1.42 bits per heavy atom. The minimum atomic E-state index is -0.545. The highest BCUT2D eigenvalue weighted by atomic mass is 16.5. The molecule has 0 radical (unpaired) electrons. The van der Waals surface area contributed by atoms with Crippen molar-refractivity contribution in [2.45, 2.75) is 32.9 Å². The molecule has 0 spiro atoms. The van der Waals surface area contributed by atoms with Crippen LogP contribution in [0, 0.1) is 6.92 Å². The fourth-order valence-electron chi connectivity index (χ4n) is 1.97. The van der Waals surface area contributed by atoms with Gasteiger partial charge in [0.1, 0.15) is 5.75 Å². The van der Waals surface area contributed by atoms with Gasteiger partial charge in [-0.15, -0.1) is 0 Å². The van der Waals surface area contributed by atoms with Gasteiger partial charge in [0, 0.05) is 13.6 Å². The first-order valence-corrected chi connectivity index (χ1v) is 6.40. The number of ether oxygens (including phenoxy) is 1. The summed E-state index contributed by atoms with van der Waals surface area (Å²) in [7, 11) is 5.28. The molecule has 0 saturated heterocycles. The molecule has 0 aliphatic carbocycles. The highest BCUT2D eigenvalue weighted by Crippen LogP contribution is 2.19. The third-order valence-corrected chi connectivity index (χ3v) is 3.39. The zero-order valence-electron chi connectivity index (χ0n) is 12.7. The Bertz CT molecular complexity index is 455. The van der Waals surface area contributed by atoms with Crippen molar-refractivity contribution >= 4 is 5.91 Å². The van der Waals surface area contributed by atoms with Crippen LogP contribution < -0.4 is 10.1 Å². The molecule has 0 bridgehead atoms. The average Bonchev–Trinajstić information content (AvgIpc) is 2.38. The van der Waals surface area contributed by atoms with E-state index in [2.05, 4.69) is 11.4 Å². The lowest BCUT2D eigenvalue weighted by molar-refractivity contribution is -0.136. The second kappa shape index (κ2) is 6.06. The van der Waals surface area contributed by atoms with Gasteiger partial charge in [-0.1, -0.05) is 12.1 Å². The van der Waals surface area contributed by atoms with E-state index in [1.807, 2.05) is 40.0 Å². The third-order valence-electron chi connectivity index (χ3n) is 3.39. The van der Waals surface area contributed by atoms with Crippen LogP contribution in [0.3, 0.4) is 0 Å². The third kappa shape index (κ3) is 3.70. The molecule has 0 atom stereocenters. The predicted molar refractivity (Wildman–Crippen MR) is 77.3 cm³/mol. The van der Waals surface area contributed by atoms with Crippen LogP contribution >= 0.6 is 0 Å². The molecule has 0 fully saturated rings. The molecule has 1 N–H and O–H groups in total. The number of hydrogen-bond acceptors (Lipinski definition) is 3. The molecule has 1 aromatic carbocycles. The number of nitrogens with one attached hydrogen (secondary N) is 1. The first kappa shape index (κ1) is 15.5. The highest BCUT2D eigenvalue weighted by molar-refractivity contribution is 5.85. The van der Waals surface area contributed by atoms with Gasteiger partial charge in [-0.05, 0) is 45.0 Å². The van der Waals surface area contributed by atoms with E-state index in [0.717, 1.165) is 16.9 Å². The number of rotatable bonds is 5. The lowest BCUT2D eigenvalue weighted by Crippen LogP contribution is -2.51. The van der Waals surface area contributed by atoms with Gasteiger partial charge in [-0.25, -0.2) is 0 Å². The number of amides is 1. The van der Waals surface area contributed by atoms with Gasteiger partial charge in [0.2, 0.25) is 5.91 Å². The van der Waals surface area contributed by atoms with Crippen LogP contribution in [0.2, 0.25) is 0 Å². The van der Waals surface area contributed by atoms with Crippen molar-refractivity contribution in [1.29, 1.82) is 0 Å². The van der Waals surface area contributed by atoms with Crippen molar-refractivity contribution in [3.8, 4) is 5.75 Å². The van der Waals surface area contributed by atoms with E-state index in [1.165, 1.54) is 0 Å². The molecular formula is C15H24N2O2. The van der Waals surface area contributed by atoms with Crippen LogP contribution in [0.1, 0.15) is 25.0 Å². The summed E-state index contributed by atoms with van der Waals surface area (Å²) in [6.07, 6.45) is 0. The van der Waals surface area contributed by atoms with E-state index in [9.17, 15) is 4.79 Å². The minimum absolute atomic E-state index is 0.0727. The summed E-state index contributed by atoms with van der Waals surface area (Å²) in [5, 5.41) is 3.03. The molecule has 1 amide bonds. The zero-order valence-corrected chi connectivity index (χ0v) is 12.7. The van der Waals surface area contributed by atoms with Gasteiger partial charge >= 0.3 is 0 Å². The number of carbonyl (C=O) groups is 1. The van der Waals surface area contributed by atoms with Crippen molar-refractivity contribution < 1.29 is 9.53 Å². The quantitative estimate of drug-likeness (QED) is 0.884. The summed E-state index contributed by atoms with van der Waals surface area (Å²) in [5.74, 6) is 0.941. The van der Waals surface area contributed by atoms with E-state index in [4.69, 9.17) is 4.74 Å². The fourth-order valence-corrected chi connectivity index (χ4v) is 1.97. The molecule has 4 heteroatoms. The standard InChI is InChI=1S/C15H24N2O2/c1-11-9-12(7-8-13(11)19-6)10-17(5)14(18)15(2,3)16-4/h7-9,16H,10H2,1-6H3. The van der Waals surface area contributed by atoms with Gasteiger partial charge < -0.3 is 15.0 Å². The number of likely N-dealkylation sites (N-methyl/N-ethyl adjacent to an activating group) is 2. The van der Waals surface area contributed by atoms with Crippen molar-refractivity contribution in [1.82, 2.24) is 10.2 Å². The fraction of sp³-hybridized carbons (Fsp3) is 0.533. The molecule has 1 aromatic rings. The van der Waals surface area contributed by atoms with E-state index >= 15 is 0 Å². The van der Waals surface area contributed by atoms with Gasteiger partial charge in [-0.2, -0.15) is 0 Å². The van der Waals surface area contributed by atoms with Gasteiger partial charge in [0.25, 0.3) is 0 Å². The molecule has 106 valence electrons. The Morgan fingerprint density at radius 2 is 2.05 bits per heavy atom. The maximum atomic E-state index is 12.2. The first-order chi connectivity index (χ1) is 8.81. The molecule has 0 aliphatic rings. The summed E-state index contributed by atoms with van der Waals surface area (Å²) in [4.78, 5) is 14.0. The average molecular weight is 264 g/mol. The van der Waals surface area contributed by atoms with Crippen molar-refractivity contribution in [3.05, 3.63) is 29.3 Å². The van der Waals surface area contributed by atoms with Crippen LogP contribution in [0.15, 0.2) is 18.2 Å². The lowest BCUT2D eigenvalue weighted by Gasteiger charge is -2.29. The second-order valence-electron chi connectivity index (χ2n) is 5.34. The Morgan fingerprint density at radius 3 is 2.53 bits per heavy atom. The van der Waals surface area contributed by atoms with Crippen molar-refractivity contribution in [2.75, 3.05) is 21.2 Å². The molecule has 1 rings (SSSR count). The van der Waals surface area contributed by atoms with E-state index < -0.39 is 5.54 Å².